The van der Waals surface area contributed by atoms with Crippen molar-refractivity contribution in [1.82, 2.24) is 9.97 Å². The molecule has 4 nitrogen and oxygen atoms in total. The van der Waals surface area contributed by atoms with E-state index in [-0.39, 0.29) is 12.4 Å². The summed E-state index contributed by atoms with van der Waals surface area (Å²) < 4.78 is 19.1. The van der Waals surface area contributed by atoms with Gasteiger partial charge in [-0.2, -0.15) is 0 Å². The minimum Gasteiger partial charge on any atom is -0.485 e. The quantitative estimate of drug-likeness (QED) is 0.947. The fraction of sp³-hybridized carbons (Fsp3) is 0.167. The Morgan fingerprint density at radius 2 is 2.06 bits per heavy atom. The number of hydrogen-bond donors (Lipinski definition) is 1. The summed E-state index contributed by atoms with van der Waals surface area (Å²) in [6.07, 6.45) is 0. The van der Waals surface area contributed by atoms with Crippen LogP contribution in [0.3, 0.4) is 0 Å². The first-order valence-corrected chi connectivity index (χ1v) is 6.01. The molecular weight excluding hydrogens is 301 g/mol. The lowest BCUT2D eigenvalue weighted by molar-refractivity contribution is 0.294. The summed E-state index contributed by atoms with van der Waals surface area (Å²) in [7, 11) is 0. The molecule has 0 aliphatic rings. The number of nitrogens with zero attached hydrogens (tertiary/aromatic N) is 2. The van der Waals surface area contributed by atoms with Crippen LogP contribution in [0, 0.1) is 12.7 Å². The maximum atomic E-state index is 13.1. The fourth-order valence-corrected chi connectivity index (χ4v) is 1.92. The minimum atomic E-state index is -0.371. The Bertz CT molecular complexity index is 485. The number of aryl methyl sites for hydroxylation is 1. The molecule has 0 fully saturated rings. The molecule has 6 heteroatoms. The predicted molar refractivity (Wildman–Crippen MR) is 69.6 cm³/mol. The SMILES string of the molecule is Cc1cc(N)nc(COc2cc(F)cc(Br)c2)n1. The topological polar surface area (TPSA) is 61.0 Å². The zero-order valence-electron chi connectivity index (χ0n) is 9.65. The Morgan fingerprint density at radius 1 is 1.28 bits per heavy atom. The number of nitrogens with two attached hydrogens (primary N) is 1. The zero-order valence-corrected chi connectivity index (χ0v) is 11.2. The van der Waals surface area contributed by atoms with Crippen LogP contribution in [0.5, 0.6) is 5.75 Å². The third-order valence-electron chi connectivity index (χ3n) is 2.12. The summed E-state index contributed by atoms with van der Waals surface area (Å²) in [5.74, 6) is 0.893. The molecule has 0 saturated carbocycles. The average molecular weight is 312 g/mol. The van der Waals surface area contributed by atoms with E-state index in [0.717, 1.165) is 5.69 Å². The van der Waals surface area contributed by atoms with Crippen molar-refractivity contribution >= 4 is 21.7 Å². The normalized spacial score (nSPS) is 10.4. The van der Waals surface area contributed by atoms with Gasteiger partial charge in [0.1, 0.15) is 24.0 Å². The van der Waals surface area contributed by atoms with Gasteiger partial charge in [0.05, 0.1) is 0 Å². The molecule has 2 N–H and O–H groups in total. The van der Waals surface area contributed by atoms with Gasteiger partial charge in [0, 0.05) is 22.3 Å². The molecule has 0 radical (unpaired) electrons. The van der Waals surface area contributed by atoms with E-state index in [0.29, 0.717) is 21.9 Å². The van der Waals surface area contributed by atoms with Gasteiger partial charge in [0.2, 0.25) is 0 Å². The number of hydrogen-bond acceptors (Lipinski definition) is 4. The number of nitrogen functional groups attached to an aromatic ring is 1. The van der Waals surface area contributed by atoms with Crippen LogP contribution < -0.4 is 10.5 Å². The number of rotatable bonds is 3. The van der Waals surface area contributed by atoms with Gasteiger partial charge >= 0.3 is 0 Å². The van der Waals surface area contributed by atoms with Crippen molar-refractivity contribution in [3.05, 3.63) is 46.1 Å². The largest absolute Gasteiger partial charge is 0.485 e. The molecule has 0 unspecified atom stereocenters. The average Bonchev–Trinajstić information content (AvgIpc) is 2.23. The number of benzene rings is 1. The van der Waals surface area contributed by atoms with Gasteiger partial charge in [0.25, 0.3) is 0 Å². The predicted octanol–water partition coefficient (Wildman–Crippen LogP) is 2.85. The molecule has 2 rings (SSSR count). The molecule has 18 heavy (non-hydrogen) atoms. The maximum Gasteiger partial charge on any atom is 0.168 e. The molecule has 0 bridgehead atoms. The summed E-state index contributed by atoms with van der Waals surface area (Å²) in [5.41, 5.74) is 6.37. The van der Waals surface area contributed by atoms with Crippen LogP contribution in [0.15, 0.2) is 28.7 Å². The molecule has 0 aliphatic carbocycles. The molecule has 2 aromatic rings. The van der Waals surface area contributed by atoms with Gasteiger partial charge in [-0.25, -0.2) is 14.4 Å². The molecule has 0 spiro atoms. The minimum absolute atomic E-state index is 0.141. The molecule has 1 aromatic heterocycles. The Balaban J connectivity index is 2.11. The van der Waals surface area contributed by atoms with Crippen LogP contribution in [-0.2, 0) is 6.61 Å². The number of anilines is 1. The summed E-state index contributed by atoms with van der Waals surface area (Å²) in [4.78, 5) is 8.20. The molecule has 0 saturated heterocycles. The van der Waals surface area contributed by atoms with Crippen LogP contribution >= 0.6 is 15.9 Å². The molecular formula is C12H11BrFN3O. The van der Waals surface area contributed by atoms with Crippen molar-refractivity contribution < 1.29 is 9.13 Å². The van der Waals surface area contributed by atoms with Crippen LogP contribution in [0.4, 0.5) is 10.2 Å². The van der Waals surface area contributed by atoms with Crippen LogP contribution in [0.1, 0.15) is 11.5 Å². The van der Waals surface area contributed by atoms with Crippen molar-refractivity contribution in [3.8, 4) is 5.75 Å². The van der Waals surface area contributed by atoms with E-state index in [9.17, 15) is 4.39 Å². The highest BCUT2D eigenvalue weighted by molar-refractivity contribution is 9.10. The summed E-state index contributed by atoms with van der Waals surface area (Å²) >= 11 is 3.19. The highest BCUT2D eigenvalue weighted by atomic mass is 79.9. The van der Waals surface area contributed by atoms with E-state index in [1.54, 1.807) is 12.1 Å². The second kappa shape index (κ2) is 5.30. The first-order valence-electron chi connectivity index (χ1n) is 5.22. The standard InChI is InChI=1S/C12H11BrFN3O/c1-7-2-11(15)17-12(16-7)6-18-10-4-8(13)3-9(14)5-10/h2-5H,6H2,1H3,(H2,15,16,17). The van der Waals surface area contributed by atoms with E-state index in [1.165, 1.54) is 12.1 Å². The van der Waals surface area contributed by atoms with Crippen molar-refractivity contribution in [3.63, 3.8) is 0 Å². The molecule has 0 atom stereocenters. The van der Waals surface area contributed by atoms with Crippen LogP contribution in [-0.4, -0.2) is 9.97 Å². The molecule has 1 aromatic carbocycles. The van der Waals surface area contributed by atoms with Crippen molar-refractivity contribution in [1.29, 1.82) is 0 Å². The highest BCUT2D eigenvalue weighted by Crippen LogP contribution is 2.21. The molecule has 0 amide bonds. The van der Waals surface area contributed by atoms with Gasteiger partial charge in [-0.1, -0.05) is 15.9 Å². The second-order valence-electron chi connectivity index (χ2n) is 3.74. The number of aromatic nitrogens is 2. The number of ether oxygens (including phenoxy) is 1. The van der Waals surface area contributed by atoms with Gasteiger partial charge in [-0.3, -0.25) is 0 Å². The monoisotopic (exact) mass is 311 g/mol. The third-order valence-corrected chi connectivity index (χ3v) is 2.58. The zero-order chi connectivity index (χ0) is 13.1. The third kappa shape index (κ3) is 3.40. The smallest absolute Gasteiger partial charge is 0.168 e. The van der Waals surface area contributed by atoms with Crippen LogP contribution in [0.2, 0.25) is 0 Å². The van der Waals surface area contributed by atoms with E-state index in [4.69, 9.17) is 10.5 Å². The van der Waals surface area contributed by atoms with Gasteiger partial charge in [0.15, 0.2) is 5.82 Å². The highest BCUT2D eigenvalue weighted by Gasteiger charge is 2.04. The Hall–Kier alpha value is -1.69. The Morgan fingerprint density at radius 3 is 2.72 bits per heavy atom. The van der Waals surface area contributed by atoms with E-state index in [1.807, 2.05) is 6.92 Å². The van der Waals surface area contributed by atoms with Gasteiger partial charge < -0.3 is 10.5 Å². The molecule has 0 aliphatic heterocycles. The van der Waals surface area contributed by atoms with Crippen LogP contribution in [0.25, 0.3) is 0 Å². The molecule has 94 valence electrons. The van der Waals surface area contributed by atoms with Crippen molar-refractivity contribution in [2.24, 2.45) is 0 Å². The lowest BCUT2D eigenvalue weighted by atomic mass is 10.3. The first-order chi connectivity index (χ1) is 8.52. The summed E-state index contributed by atoms with van der Waals surface area (Å²) in [6.45, 7) is 1.96. The van der Waals surface area contributed by atoms with E-state index < -0.39 is 0 Å². The summed E-state index contributed by atoms with van der Waals surface area (Å²) in [6, 6.07) is 5.99. The number of halogens is 2. The maximum absolute atomic E-state index is 13.1. The second-order valence-corrected chi connectivity index (χ2v) is 4.66. The van der Waals surface area contributed by atoms with E-state index >= 15 is 0 Å². The lowest BCUT2D eigenvalue weighted by Crippen LogP contribution is -2.05. The van der Waals surface area contributed by atoms with Crippen molar-refractivity contribution in [2.45, 2.75) is 13.5 Å². The van der Waals surface area contributed by atoms with Gasteiger partial charge in [-0.05, 0) is 19.1 Å². The lowest BCUT2D eigenvalue weighted by Gasteiger charge is -2.07. The van der Waals surface area contributed by atoms with E-state index in [2.05, 4.69) is 25.9 Å². The van der Waals surface area contributed by atoms with Gasteiger partial charge in [-0.15, -0.1) is 0 Å². The summed E-state index contributed by atoms with van der Waals surface area (Å²) in [5, 5.41) is 0. The fourth-order valence-electron chi connectivity index (χ4n) is 1.48. The molecule has 1 heterocycles. The first kappa shape index (κ1) is 12.8. The Kier molecular flexibility index (Phi) is 3.76. The van der Waals surface area contributed by atoms with Crippen molar-refractivity contribution in [2.75, 3.05) is 5.73 Å². The Labute approximate surface area is 112 Å².